The Morgan fingerprint density at radius 3 is 2.05 bits per heavy atom. The van der Waals surface area contributed by atoms with E-state index in [0.717, 1.165) is 18.8 Å². The predicted molar refractivity (Wildman–Crippen MR) is 77.3 cm³/mol. The minimum Gasteiger partial charge on any atom is -0.372 e. The third-order valence-electron chi connectivity index (χ3n) is 3.31. The van der Waals surface area contributed by atoms with Gasteiger partial charge in [0.1, 0.15) is 0 Å². The molecule has 1 rings (SSSR count). The second kappa shape index (κ2) is 6.34. The first kappa shape index (κ1) is 17.3. The van der Waals surface area contributed by atoms with E-state index in [0.29, 0.717) is 6.92 Å². The lowest BCUT2D eigenvalue weighted by Crippen LogP contribution is -2.59. The topological polar surface area (TPSA) is 58.4 Å². The van der Waals surface area contributed by atoms with Crippen LogP contribution in [0.4, 0.5) is 24.5 Å². The van der Waals surface area contributed by atoms with Crippen molar-refractivity contribution in [1.29, 1.82) is 0 Å². The Balaban J connectivity index is 2.83. The van der Waals surface area contributed by atoms with E-state index in [1.165, 1.54) is 0 Å². The highest BCUT2D eigenvalue weighted by atomic mass is 19.4. The number of nitrogens with zero attached hydrogens (tertiary/aromatic N) is 1. The van der Waals surface area contributed by atoms with Crippen LogP contribution in [0.15, 0.2) is 24.3 Å². The van der Waals surface area contributed by atoms with Crippen molar-refractivity contribution >= 4 is 17.3 Å². The number of anilines is 2. The summed E-state index contributed by atoms with van der Waals surface area (Å²) in [6.45, 7) is 6.28. The smallest absolute Gasteiger partial charge is 0.372 e. The van der Waals surface area contributed by atoms with Crippen LogP contribution in [0, 0.1) is 0 Å². The fourth-order valence-electron chi connectivity index (χ4n) is 1.73. The van der Waals surface area contributed by atoms with Gasteiger partial charge in [-0.25, -0.2) is 0 Å². The Kier molecular flexibility index (Phi) is 5.22. The van der Waals surface area contributed by atoms with E-state index in [2.05, 4.69) is 10.2 Å². The van der Waals surface area contributed by atoms with Crippen molar-refractivity contribution in [2.24, 2.45) is 5.73 Å². The van der Waals surface area contributed by atoms with Gasteiger partial charge in [0.05, 0.1) is 0 Å². The Morgan fingerprint density at radius 1 is 1.19 bits per heavy atom. The number of halogens is 3. The molecule has 0 spiro atoms. The third-order valence-corrected chi connectivity index (χ3v) is 3.31. The van der Waals surface area contributed by atoms with E-state index in [1.54, 1.807) is 24.3 Å². The molecule has 7 heteroatoms. The van der Waals surface area contributed by atoms with Crippen LogP contribution in [0.3, 0.4) is 0 Å². The van der Waals surface area contributed by atoms with Gasteiger partial charge in [0.15, 0.2) is 5.54 Å². The van der Waals surface area contributed by atoms with E-state index in [4.69, 9.17) is 5.73 Å². The summed E-state index contributed by atoms with van der Waals surface area (Å²) in [6, 6.07) is 6.59. The minimum absolute atomic E-state index is 0.275. The van der Waals surface area contributed by atoms with Crippen molar-refractivity contribution < 1.29 is 18.0 Å². The number of benzene rings is 1. The second-order valence-electron chi connectivity index (χ2n) is 4.87. The summed E-state index contributed by atoms with van der Waals surface area (Å²) in [5.41, 5.74) is 3.34. The number of rotatable bonds is 5. The van der Waals surface area contributed by atoms with Crippen LogP contribution in [0.1, 0.15) is 20.8 Å². The summed E-state index contributed by atoms with van der Waals surface area (Å²) in [5, 5.41) is 2.19. The molecule has 0 bridgehead atoms. The molecule has 1 aromatic carbocycles. The number of carbonyl (C=O) groups excluding carboxylic acids is 1. The quantitative estimate of drug-likeness (QED) is 0.879. The van der Waals surface area contributed by atoms with Crippen molar-refractivity contribution in [3.63, 3.8) is 0 Å². The molecule has 1 unspecified atom stereocenters. The van der Waals surface area contributed by atoms with E-state index in [9.17, 15) is 18.0 Å². The monoisotopic (exact) mass is 303 g/mol. The van der Waals surface area contributed by atoms with Crippen LogP contribution in [-0.4, -0.2) is 30.7 Å². The summed E-state index contributed by atoms with van der Waals surface area (Å²) in [6.07, 6.45) is -4.81. The molecule has 0 fully saturated rings. The molecule has 0 aliphatic heterocycles. The van der Waals surface area contributed by atoms with Crippen molar-refractivity contribution in [3.05, 3.63) is 24.3 Å². The molecule has 0 saturated carbocycles. The number of alkyl halides is 3. The standard InChI is InChI=1S/C14H20F3N3O/c1-4-20(5-2)11-8-6-10(7-9-11)19-12(21)13(3,18)14(15,16)17/h6-9H,4-5,18H2,1-3H3,(H,19,21). The molecule has 1 amide bonds. The van der Waals surface area contributed by atoms with Crippen LogP contribution in [-0.2, 0) is 4.79 Å². The van der Waals surface area contributed by atoms with Gasteiger partial charge < -0.3 is 16.0 Å². The lowest BCUT2D eigenvalue weighted by atomic mass is 10.0. The Labute approximate surface area is 122 Å². The molecule has 0 heterocycles. The summed E-state index contributed by atoms with van der Waals surface area (Å²) in [5.74, 6) is -1.29. The van der Waals surface area contributed by atoms with E-state index in [1.807, 2.05) is 13.8 Å². The van der Waals surface area contributed by atoms with Crippen LogP contribution < -0.4 is 16.0 Å². The zero-order chi connectivity index (χ0) is 16.3. The lowest BCUT2D eigenvalue weighted by molar-refractivity contribution is -0.184. The van der Waals surface area contributed by atoms with Gasteiger partial charge in [-0.15, -0.1) is 0 Å². The van der Waals surface area contributed by atoms with Gasteiger partial charge in [-0.3, -0.25) is 4.79 Å². The molecular weight excluding hydrogens is 283 g/mol. The number of nitrogens with one attached hydrogen (secondary N) is 1. The van der Waals surface area contributed by atoms with Gasteiger partial charge in [0.2, 0.25) is 0 Å². The fourth-order valence-corrected chi connectivity index (χ4v) is 1.73. The molecule has 0 aliphatic carbocycles. The first-order valence-corrected chi connectivity index (χ1v) is 6.65. The largest absolute Gasteiger partial charge is 0.415 e. The first-order valence-electron chi connectivity index (χ1n) is 6.65. The van der Waals surface area contributed by atoms with Gasteiger partial charge in [-0.05, 0) is 45.0 Å². The number of hydrogen-bond acceptors (Lipinski definition) is 3. The molecule has 118 valence electrons. The van der Waals surface area contributed by atoms with E-state index < -0.39 is 17.6 Å². The first-order chi connectivity index (χ1) is 9.63. The van der Waals surface area contributed by atoms with Gasteiger partial charge >= 0.3 is 6.18 Å². The molecule has 0 saturated heterocycles. The summed E-state index contributed by atoms with van der Waals surface area (Å²) in [7, 11) is 0. The molecule has 21 heavy (non-hydrogen) atoms. The number of hydrogen-bond donors (Lipinski definition) is 2. The average molecular weight is 303 g/mol. The SMILES string of the molecule is CCN(CC)c1ccc(NC(=O)C(C)(N)C(F)(F)F)cc1. The fraction of sp³-hybridized carbons (Fsp3) is 0.500. The van der Waals surface area contributed by atoms with Crippen molar-refractivity contribution in [2.45, 2.75) is 32.5 Å². The maximum atomic E-state index is 12.7. The molecule has 4 nitrogen and oxygen atoms in total. The summed E-state index contributed by atoms with van der Waals surface area (Å²) >= 11 is 0. The van der Waals surface area contributed by atoms with Crippen LogP contribution >= 0.6 is 0 Å². The highest BCUT2D eigenvalue weighted by Gasteiger charge is 2.53. The Bertz CT molecular complexity index is 479. The van der Waals surface area contributed by atoms with Gasteiger partial charge in [-0.1, -0.05) is 0 Å². The van der Waals surface area contributed by atoms with Gasteiger partial charge in [0.25, 0.3) is 5.91 Å². The molecule has 1 atom stereocenters. The average Bonchev–Trinajstić information content (AvgIpc) is 2.40. The van der Waals surface area contributed by atoms with E-state index in [-0.39, 0.29) is 5.69 Å². The number of amides is 1. The Morgan fingerprint density at radius 2 is 1.67 bits per heavy atom. The maximum Gasteiger partial charge on any atom is 0.415 e. The zero-order valence-electron chi connectivity index (χ0n) is 12.3. The third kappa shape index (κ3) is 3.87. The molecule has 3 N–H and O–H groups in total. The second-order valence-corrected chi connectivity index (χ2v) is 4.87. The minimum atomic E-state index is -4.81. The van der Waals surface area contributed by atoms with Gasteiger partial charge in [0, 0.05) is 24.5 Å². The highest BCUT2D eigenvalue weighted by Crippen LogP contribution is 2.29. The maximum absolute atomic E-state index is 12.7. The summed E-state index contributed by atoms with van der Waals surface area (Å²) < 4.78 is 38.0. The molecule has 0 aliphatic rings. The summed E-state index contributed by atoms with van der Waals surface area (Å²) in [4.78, 5) is 13.7. The van der Waals surface area contributed by atoms with Crippen molar-refractivity contribution in [1.82, 2.24) is 0 Å². The predicted octanol–water partition coefficient (Wildman–Crippen LogP) is 2.75. The van der Waals surface area contributed by atoms with Crippen LogP contribution in [0.25, 0.3) is 0 Å². The Hall–Kier alpha value is -1.76. The van der Waals surface area contributed by atoms with Crippen LogP contribution in [0.5, 0.6) is 0 Å². The normalized spacial score (nSPS) is 14.4. The molecular formula is C14H20F3N3O. The highest BCUT2D eigenvalue weighted by molar-refractivity contribution is 5.98. The molecule has 1 aromatic rings. The lowest BCUT2D eigenvalue weighted by Gasteiger charge is -2.26. The van der Waals surface area contributed by atoms with Crippen LogP contribution in [0.2, 0.25) is 0 Å². The zero-order valence-corrected chi connectivity index (χ0v) is 12.3. The molecule has 0 radical (unpaired) electrons. The van der Waals surface area contributed by atoms with Crippen molar-refractivity contribution in [2.75, 3.05) is 23.3 Å². The number of carbonyl (C=O) groups is 1. The van der Waals surface area contributed by atoms with E-state index >= 15 is 0 Å². The van der Waals surface area contributed by atoms with Crippen molar-refractivity contribution in [3.8, 4) is 0 Å². The van der Waals surface area contributed by atoms with Gasteiger partial charge in [-0.2, -0.15) is 13.2 Å². The molecule has 0 aromatic heterocycles. The number of nitrogens with two attached hydrogens (primary N) is 1.